The van der Waals surface area contributed by atoms with Gasteiger partial charge in [-0.05, 0) is 30.2 Å². The molecule has 2 aromatic rings. The molecule has 0 aliphatic carbocycles. The minimum absolute atomic E-state index is 0.0909. The van der Waals surface area contributed by atoms with Gasteiger partial charge < -0.3 is 19.9 Å². The number of halogens is 1. The minimum atomic E-state index is 0.0909. The van der Waals surface area contributed by atoms with Crippen molar-refractivity contribution in [3.63, 3.8) is 0 Å². The highest BCUT2D eigenvalue weighted by atomic mass is 35.5. The Bertz CT molecular complexity index is 881. The van der Waals surface area contributed by atoms with Gasteiger partial charge in [-0.25, -0.2) is 0 Å². The van der Waals surface area contributed by atoms with Gasteiger partial charge in [0.25, 0.3) is 0 Å². The molecule has 0 bridgehead atoms. The number of ether oxygens (including phenoxy) is 1. The van der Waals surface area contributed by atoms with Gasteiger partial charge in [0.2, 0.25) is 11.8 Å². The van der Waals surface area contributed by atoms with Crippen LogP contribution in [0, 0.1) is 0 Å². The fraction of sp³-hybridized carbons (Fsp3) is 0.391. The predicted octanol–water partition coefficient (Wildman–Crippen LogP) is 4.11. The molecule has 0 saturated carbocycles. The Morgan fingerprint density at radius 2 is 1.67 bits per heavy atom. The number of aryl methyl sites for hydroxylation is 1. The van der Waals surface area contributed by atoms with Gasteiger partial charge in [0.05, 0.1) is 17.8 Å². The Hall–Kier alpha value is -2.73. The number of carbonyl (C=O) groups excluding carboxylic acids is 2. The van der Waals surface area contributed by atoms with Crippen molar-refractivity contribution < 1.29 is 14.3 Å². The van der Waals surface area contributed by atoms with Gasteiger partial charge in [0.1, 0.15) is 5.75 Å². The first-order valence-corrected chi connectivity index (χ1v) is 10.6. The summed E-state index contributed by atoms with van der Waals surface area (Å²) in [5.74, 6) is 0.907. The minimum Gasteiger partial charge on any atom is -0.496 e. The quantitative estimate of drug-likeness (QED) is 0.719. The van der Waals surface area contributed by atoms with Crippen molar-refractivity contribution in [3.8, 4) is 5.75 Å². The fourth-order valence-corrected chi connectivity index (χ4v) is 3.79. The topological polar surface area (TPSA) is 61.9 Å². The molecule has 1 N–H and O–H groups in total. The van der Waals surface area contributed by atoms with Crippen LogP contribution in [-0.2, 0) is 16.0 Å². The molecule has 1 aliphatic rings. The van der Waals surface area contributed by atoms with Gasteiger partial charge in [-0.15, -0.1) is 0 Å². The van der Waals surface area contributed by atoms with Crippen LogP contribution in [0.3, 0.4) is 0 Å². The molecule has 7 heteroatoms. The summed E-state index contributed by atoms with van der Waals surface area (Å²) in [5, 5.41) is 3.87. The van der Waals surface area contributed by atoms with E-state index in [2.05, 4.69) is 5.32 Å². The summed E-state index contributed by atoms with van der Waals surface area (Å²) in [6.45, 7) is 4.24. The number of para-hydroxylation sites is 1. The highest BCUT2D eigenvalue weighted by Crippen LogP contribution is 2.33. The lowest BCUT2D eigenvalue weighted by Gasteiger charge is -2.34. The van der Waals surface area contributed by atoms with Crippen molar-refractivity contribution >= 4 is 34.8 Å². The second kappa shape index (κ2) is 10.3. The molecule has 1 heterocycles. The SMILES string of the molecule is CCC(=O)N1CCN(C(=O)CCc2cc(Nc3ccccc3)c(Cl)cc2OC)CC1. The molecule has 2 aromatic carbocycles. The summed E-state index contributed by atoms with van der Waals surface area (Å²) in [5.41, 5.74) is 2.64. The van der Waals surface area contributed by atoms with Crippen molar-refractivity contribution in [2.24, 2.45) is 0 Å². The maximum atomic E-state index is 12.7. The average Bonchev–Trinajstić information content (AvgIpc) is 2.79. The number of amides is 2. The second-order valence-electron chi connectivity index (χ2n) is 7.25. The number of anilines is 2. The van der Waals surface area contributed by atoms with Crippen molar-refractivity contribution in [2.75, 3.05) is 38.6 Å². The van der Waals surface area contributed by atoms with Crippen LogP contribution < -0.4 is 10.1 Å². The van der Waals surface area contributed by atoms with Crippen LogP contribution in [0.15, 0.2) is 42.5 Å². The normalized spacial score (nSPS) is 13.8. The van der Waals surface area contributed by atoms with E-state index in [9.17, 15) is 9.59 Å². The Morgan fingerprint density at radius 1 is 1.03 bits per heavy atom. The summed E-state index contributed by atoms with van der Waals surface area (Å²) in [7, 11) is 1.60. The van der Waals surface area contributed by atoms with Crippen LogP contribution in [0.25, 0.3) is 0 Å². The Balaban J connectivity index is 1.63. The first-order chi connectivity index (χ1) is 14.5. The zero-order valence-electron chi connectivity index (χ0n) is 17.5. The van der Waals surface area contributed by atoms with E-state index in [1.165, 1.54) is 0 Å². The number of hydrogen-bond donors (Lipinski definition) is 1. The maximum absolute atomic E-state index is 12.7. The summed E-state index contributed by atoms with van der Waals surface area (Å²) >= 11 is 6.42. The molecule has 2 amide bonds. The van der Waals surface area contributed by atoms with E-state index in [-0.39, 0.29) is 11.8 Å². The third-order valence-electron chi connectivity index (χ3n) is 5.32. The number of methoxy groups -OCH3 is 1. The summed E-state index contributed by atoms with van der Waals surface area (Å²) < 4.78 is 5.48. The summed E-state index contributed by atoms with van der Waals surface area (Å²) in [6, 6.07) is 13.5. The van der Waals surface area contributed by atoms with E-state index in [4.69, 9.17) is 16.3 Å². The van der Waals surface area contributed by atoms with E-state index in [0.29, 0.717) is 56.2 Å². The largest absolute Gasteiger partial charge is 0.496 e. The van der Waals surface area contributed by atoms with Crippen molar-refractivity contribution in [1.82, 2.24) is 9.80 Å². The Labute approximate surface area is 182 Å². The molecule has 30 heavy (non-hydrogen) atoms. The monoisotopic (exact) mass is 429 g/mol. The molecule has 1 aliphatic heterocycles. The lowest BCUT2D eigenvalue weighted by molar-refractivity contribution is -0.139. The lowest BCUT2D eigenvalue weighted by Crippen LogP contribution is -2.50. The average molecular weight is 430 g/mol. The second-order valence-corrected chi connectivity index (χ2v) is 7.66. The molecular weight excluding hydrogens is 402 g/mol. The first kappa shape index (κ1) is 22.0. The van der Waals surface area contributed by atoms with Crippen molar-refractivity contribution in [2.45, 2.75) is 26.2 Å². The van der Waals surface area contributed by atoms with E-state index < -0.39 is 0 Å². The smallest absolute Gasteiger partial charge is 0.223 e. The van der Waals surface area contributed by atoms with E-state index in [1.807, 2.05) is 53.1 Å². The molecule has 0 unspecified atom stereocenters. The molecule has 0 atom stereocenters. The van der Waals surface area contributed by atoms with E-state index in [1.54, 1.807) is 13.2 Å². The van der Waals surface area contributed by atoms with Crippen LogP contribution in [0.4, 0.5) is 11.4 Å². The van der Waals surface area contributed by atoms with Gasteiger partial charge in [-0.3, -0.25) is 9.59 Å². The third kappa shape index (κ3) is 5.45. The highest BCUT2D eigenvalue weighted by Gasteiger charge is 2.23. The highest BCUT2D eigenvalue weighted by molar-refractivity contribution is 6.33. The number of rotatable bonds is 7. The third-order valence-corrected chi connectivity index (χ3v) is 5.63. The molecular formula is C23H28ClN3O3. The molecule has 1 fully saturated rings. The van der Waals surface area contributed by atoms with Crippen LogP contribution in [0.2, 0.25) is 5.02 Å². The van der Waals surface area contributed by atoms with Gasteiger partial charge in [0.15, 0.2) is 0 Å². The predicted molar refractivity (Wildman–Crippen MR) is 120 cm³/mol. The van der Waals surface area contributed by atoms with Gasteiger partial charge in [-0.2, -0.15) is 0 Å². The maximum Gasteiger partial charge on any atom is 0.223 e. The lowest BCUT2D eigenvalue weighted by atomic mass is 10.1. The Morgan fingerprint density at radius 3 is 2.27 bits per heavy atom. The number of nitrogens with zero attached hydrogens (tertiary/aromatic N) is 2. The number of carbonyl (C=O) groups is 2. The fourth-order valence-electron chi connectivity index (χ4n) is 3.59. The van der Waals surface area contributed by atoms with Crippen LogP contribution >= 0.6 is 11.6 Å². The van der Waals surface area contributed by atoms with Gasteiger partial charge in [0, 0.05) is 50.8 Å². The molecule has 1 saturated heterocycles. The molecule has 3 rings (SSSR count). The first-order valence-electron chi connectivity index (χ1n) is 10.3. The number of hydrogen-bond acceptors (Lipinski definition) is 4. The zero-order chi connectivity index (χ0) is 21.5. The van der Waals surface area contributed by atoms with Crippen LogP contribution in [-0.4, -0.2) is 54.9 Å². The molecule has 6 nitrogen and oxygen atoms in total. The van der Waals surface area contributed by atoms with E-state index >= 15 is 0 Å². The molecule has 0 spiro atoms. The molecule has 160 valence electrons. The van der Waals surface area contributed by atoms with Gasteiger partial charge >= 0.3 is 0 Å². The standard InChI is InChI=1S/C23H28ClN3O3/c1-3-22(28)26-11-13-27(14-12-26)23(29)10-9-17-15-20(19(24)16-21(17)30-2)25-18-7-5-4-6-8-18/h4-8,15-16,25H,3,9-14H2,1-2H3. The number of benzene rings is 2. The van der Waals surface area contributed by atoms with Crippen molar-refractivity contribution in [3.05, 3.63) is 53.1 Å². The Kier molecular flexibility index (Phi) is 7.57. The van der Waals surface area contributed by atoms with Crippen LogP contribution in [0.1, 0.15) is 25.3 Å². The summed E-state index contributed by atoms with van der Waals surface area (Å²) in [4.78, 5) is 28.2. The van der Waals surface area contributed by atoms with Crippen molar-refractivity contribution in [1.29, 1.82) is 0 Å². The summed E-state index contributed by atoms with van der Waals surface area (Å²) in [6.07, 6.45) is 1.44. The molecule has 0 aromatic heterocycles. The zero-order valence-corrected chi connectivity index (χ0v) is 18.2. The number of piperazine rings is 1. The van der Waals surface area contributed by atoms with E-state index in [0.717, 1.165) is 16.9 Å². The molecule has 0 radical (unpaired) electrons. The number of nitrogens with one attached hydrogen (secondary N) is 1. The van der Waals surface area contributed by atoms with Crippen LogP contribution in [0.5, 0.6) is 5.75 Å². The van der Waals surface area contributed by atoms with Gasteiger partial charge in [-0.1, -0.05) is 36.7 Å².